The number of hydrogen-bond acceptors (Lipinski definition) is 6. The Bertz CT molecular complexity index is 298. The molecule has 0 bridgehead atoms. The van der Waals surface area contributed by atoms with E-state index in [1.54, 1.807) is 0 Å². The van der Waals surface area contributed by atoms with E-state index in [-0.39, 0.29) is 6.42 Å². The summed E-state index contributed by atoms with van der Waals surface area (Å²) < 4.78 is 0. The third kappa shape index (κ3) is 11.5. The van der Waals surface area contributed by atoms with Crippen molar-refractivity contribution in [2.45, 2.75) is 84.0 Å². The Balaban J connectivity index is 3.63. The quantitative estimate of drug-likeness (QED) is 0.377. The van der Waals surface area contributed by atoms with E-state index >= 15 is 0 Å². The van der Waals surface area contributed by atoms with Gasteiger partial charge in [0.05, 0.1) is 12.3 Å². The van der Waals surface area contributed by atoms with Crippen LogP contribution >= 0.6 is 0 Å². The lowest BCUT2D eigenvalue weighted by molar-refractivity contribution is -0.156. The van der Waals surface area contributed by atoms with Gasteiger partial charge >= 0.3 is 11.9 Å². The lowest BCUT2D eigenvalue weighted by atomic mass is 9.97. The molecule has 22 heavy (non-hydrogen) atoms. The highest BCUT2D eigenvalue weighted by molar-refractivity contribution is 5.79. The zero-order valence-corrected chi connectivity index (χ0v) is 13.9. The minimum atomic E-state index is -0.623. The maximum absolute atomic E-state index is 11.5. The van der Waals surface area contributed by atoms with Gasteiger partial charge in [0.15, 0.2) is 0 Å². The van der Waals surface area contributed by atoms with Crippen LogP contribution in [-0.4, -0.2) is 11.9 Å². The third-order valence-electron chi connectivity index (χ3n) is 3.90. The standard InChI is InChI=1S/C16H32N2O4/c1-2-3-4-5-6-7-8-9-10-11-12-14(16(20)22-18)13-15(19)21-17/h14H,2-13,17-18H2,1H3. The van der Waals surface area contributed by atoms with Crippen molar-refractivity contribution >= 4 is 11.9 Å². The molecule has 1 atom stereocenters. The Morgan fingerprint density at radius 2 is 1.32 bits per heavy atom. The second-order valence-electron chi connectivity index (χ2n) is 5.80. The highest BCUT2D eigenvalue weighted by atomic mass is 16.7. The first-order valence-electron chi connectivity index (χ1n) is 8.45. The minimum Gasteiger partial charge on any atom is -0.373 e. The van der Waals surface area contributed by atoms with Crippen LogP contribution in [0.3, 0.4) is 0 Å². The molecular formula is C16H32N2O4. The summed E-state index contributed by atoms with van der Waals surface area (Å²) in [6.45, 7) is 2.22. The highest BCUT2D eigenvalue weighted by Crippen LogP contribution is 2.17. The number of carbonyl (C=O) groups excluding carboxylic acids is 2. The van der Waals surface area contributed by atoms with Crippen molar-refractivity contribution in [3.8, 4) is 0 Å². The molecule has 0 saturated heterocycles. The molecule has 0 aliphatic rings. The molecule has 0 aromatic rings. The van der Waals surface area contributed by atoms with Gasteiger partial charge in [-0.3, -0.25) is 9.59 Å². The maximum atomic E-state index is 11.5. The molecule has 0 aliphatic carbocycles. The van der Waals surface area contributed by atoms with Crippen LogP contribution in [0.15, 0.2) is 0 Å². The second-order valence-corrected chi connectivity index (χ2v) is 5.80. The first-order chi connectivity index (χ1) is 10.7. The number of hydrogen-bond donors (Lipinski definition) is 2. The monoisotopic (exact) mass is 316 g/mol. The Morgan fingerprint density at radius 3 is 1.77 bits per heavy atom. The molecule has 0 aliphatic heterocycles. The van der Waals surface area contributed by atoms with Gasteiger partial charge in [0.1, 0.15) is 0 Å². The topological polar surface area (TPSA) is 105 Å². The van der Waals surface area contributed by atoms with E-state index in [9.17, 15) is 9.59 Å². The second kappa shape index (κ2) is 14.8. The maximum Gasteiger partial charge on any atom is 0.328 e. The summed E-state index contributed by atoms with van der Waals surface area (Å²) in [5.74, 6) is 7.89. The lowest BCUT2D eigenvalue weighted by Gasteiger charge is -2.12. The summed E-state index contributed by atoms with van der Waals surface area (Å²) in [5, 5.41) is 0. The highest BCUT2D eigenvalue weighted by Gasteiger charge is 2.23. The van der Waals surface area contributed by atoms with Gasteiger partial charge in [0, 0.05) is 0 Å². The van der Waals surface area contributed by atoms with Gasteiger partial charge < -0.3 is 9.68 Å². The van der Waals surface area contributed by atoms with E-state index in [2.05, 4.69) is 16.6 Å². The summed E-state index contributed by atoms with van der Waals surface area (Å²) in [4.78, 5) is 30.9. The summed E-state index contributed by atoms with van der Waals surface area (Å²) in [7, 11) is 0. The van der Waals surface area contributed by atoms with Gasteiger partial charge in [-0.15, -0.1) is 0 Å². The van der Waals surface area contributed by atoms with Crippen molar-refractivity contribution in [2.24, 2.45) is 17.7 Å². The van der Waals surface area contributed by atoms with E-state index in [0.717, 1.165) is 19.3 Å². The molecule has 6 heteroatoms. The molecule has 0 amide bonds. The van der Waals surface area contributed by atoms with E-state index in [4.69, 9.17) is 11.8 Å². The van der Waals surface area contributed by atoms with Crippen LogP contribution < -0.4 is 11.8 Å². The van der Waals surface area contributed by atoms with E-state index in [0.29, 0.717) is 6.42 Å². The smallest absolute Gasteiger partial charge is 0.328 e. The van der Waals surface area contributed by atoms with E-state index < -0.39 is 17.9 Å². The number of nitrogens with two attached hydrogens (primary N) is 2. The van der Waals surface area contributed by atoms with Crippen molar-refractivity contribution in [1.82, 2.24) is 0 Å². The molecule has 4 N–H and O–H groups in total. The van der Waals surface area contributed by atoms with Gasteiger partial charge in [-0.05, 0) is 6.42 Å². The first-order valence-corrected chi connectivity index (χ1v) is 8.45. The molecule has 1 unspecified atom stereocenters. The van der Waals surface area contributed by atoms with Crippen LogP contribution in [0.5, 0.6) is 0 Å². The van der Waals surface area contributed by atoms with Gasteiger partial charge in [-0.1, -0.05) is 71.1 Å². The first kappa shape index (κ1) is 20.9. The van der Waals surface area contributed by atoms with Crippen molar-refractivity contribution in [3.63, 3.8) is 0 Å². The molecule has 0 aromatic carbocycles. The van der Waals surface area contributed by atoms with Crippen LogP contribution in [0.4, 0.5) is 0 Å². The van der Waals surface area contributed by atoms with Crippen molar-refractivity contribution in [1.29, 1.82) is 0 Å². The normalized spacial score (nSPS) is 12.0. The SMILES string of the molecule is CCCCCCCCCCCCC(CC(=O)ON)C(=O)ON. The summed E-state index contributed by atoms with van der Waals surface area (Å²) >= 11 is 0. The fraction of sp³-hybridized carbons (Fsp3) is 0.875. The van der Waals surface area contributed by atoms with Gasteiger partial charge in [-0.2, -0.15) is 11.8 Å². The molecular weight excluding hydrogens is 284 g/mol. The van der Waals surface area contributed by atoms with Gasteiger partial charge in [0.25, 0.3) is 0 Å². The zero-order valence-electron chi connectivity index (χ0n) is 13.9. The Labute approximate surface area is 133 Å². The molecule has 0 fully saturated rings. The molecule has 6 nitrogen and oxygen atoms in total. The Morgan fingerprint density at radius 1 is 0.818 bits per heavy atom. The fourth-order valence-electron chi connectivity index (χ4n) is 2.53. The van der Waals surface area contributed by atoms with Crippen LogP contribution in [0, 0.1) is 5.92 Å². The third-order valence-corrected chi connectivity index (χ3v) is 3.90. The average Bonchev–Trinajstić information content (AvgIpc) is 2.54. The minimum absolute atomic E-state index is 0.0794. The molecule has 130 valence electrons. The van der Waals surface area contributed by atoms with E-state index in [1.807, 2.05) is 0 Å². The van der Waals surface area contributed by atoms with Crippen molar-refractivity contribution in [2.75, 3.05) is 0 Å². The number of rotatable bonds is 14. The predicted octanol–water partition coefficient (Wildman–Crippen LogP) is 3.14. The van der Waals surface area contributed by atoms with Crippen LogP contribution in [0.2, 0.25) is 0 Å². The molecule has 0 radical (unpaired) electrons. The summed E-state index contributed by atoms with van der Waals surface area (Å²) in [6, 6.07) is 0. The van der Waals surface area contributed by atoms with Crippen LogP contribution in [-0.2, 0) is 19.3 Å². The Hall–Kier alpha value is -1.14. The van der Waals surface area contributed by atoms with Crippen molar-refractivity contribution in [3.05, 3.63) is 0 Å². The zero-order chi connectivity index (χ0) is 16.6. The molecule has 0 saturated carbocycles. The lowest BCUT2D eigenvalue weighted by Crippen LogP contribution is -2.25. The van der Waals surface area contributed by atoms with Crippen LogP contribution in [0.25, 0.3) is 0 Å². The molecule has 0 rings (SSSR count). The largest absolute Gasteiger partial charge is 0.373 e. The summed E-state index contributed by atoms with van der Waals surface area (Å²) in [5.41, 5.74) is 0. The van der Waals surface area contributed by atoms with Gasteiger partial charge in [0.2, 0.25) is 0 Å². The summed E-state index contributed by atoms with van der Waals surface area (Å²) in [6.07, 6.45) is 12.7. The van der Waals surface area contributed by atoms with Gasteiger partial charge in [-0.25, -0.2) is 0 Å². The fourth-order valence-corrected chi connectivity index (χ4v) is 2.53. The predicted molar refractivity (Wildman–Crippen MR) is 85.1 cm³/mol. The number of unbranched alkanes of at least 4 members (excludes halogenated alkanes) is 9. The molecule has 0 heterocycles. The van der Waals surface area contributed by atoms with Crippen molar-refractivity contribution < 1.29 is 19.3 Å². The number of carbonyl (C=O) groups is 2. The average molecular weight is 316 g/mol. The molecule has 0 aromatic heterocycles. The molecule has 0 spiro atoms. The van der Waals surface area contributed by atoms with Crippen LogP contribution in [0.1, 0.15) is 84.0 Å². The Kier molecular flexibility index (Phi) is 14.0. The van der Waals surface area contributed by atoms with E-state index in [1.165, 1.54) is 44.9 Å².